The molecule has 2 N–H and O–H groups in total. The molecular weight excluding hydrogens is 142 g/mol. The van der Waals surface area contributed by atoms with Gasteiger partial charge in [0.05, 0.1) is 12.2 Å². The molecule has 1 aliphatic heterocycles. The maximum atomic E-state index is 5.75. The van der Waals surface area contributed by atoms with Crippen molar-refractivity contribution in [2.45, 2.75) is 50.7 Å². The van der Waals surface area contributed by atoms with Gasteiger partial charge < -0.3 is 15.2 Å². The fourth-order valence-corrected chi connectivity index (χ4v) is 2.00. The van der Waals surface area contributed by atoms with Gasteiger partial charge in [-0.05, 0) is 26.7 Å². The molecule has 0 aromatic carbocycles. The standard InChI is InChI=1S/C8H15NO2/c1-8(2)10-6-3-5(9)4-7(6)11-8/h5-7H,3-4,9H2,1-2H3/t5?,6-,7?/m0/s1. The Morgan fingerprint density at radius 3 is 2.09 bits per heavy atom. The van der Waals surface area contributed by atoms with E-state index in [0.29, 0.717) is 0 Å². The summed E-state index contributed by atoms with van der Waals surface area (Å²) >= 11 is 0. The topological polar surface area (TPSA) is 44.5 Å². The summed E-state index contributed by atoms with van der Waals surface area (Å²) in [7, 11) is 0. The molecule has 1 saturated heterocycles. The molecule has 2 aliphatic rings. The van der Waals surface area contributed by atoms with Gasteiger partial charge in [0.15, 0.2) is 5.79 Å². The summed E-state index contributed by atoms with van der Waals surface area (Å²) in [6.07, 6.45) is 2.40. The number of hydrogen-bond acceptors (Lipinski definition) is 3. The molecule has 2 fully saturated rings. The highest BCUT2D eigenvalue weighted by atomic mass is 16.8. The molecule has 1 heterocycles. The quantitative estimate of drug-likeness (QED) is 0.561. The van der Waals surface area contributed by atoms with Crippen LogP contribution < -0.4 is 5.73 Å². The van der Waals surface area contributed by atoms with Crippen molar-refractivity contribution < 1.29 is 9.47 Å². The molecule has 0 aromatic heterocycles. The minimum Gasteiger partial charge on any atom is -0.345 e. The van der Waals surface area contributed by atoms with Gasteiger partial charge in [0.1, 0.15) is 0 Å². The van der Waals surface area contributed by atoms with Gasteiger partial charge in [-0.15, -0.1) is 0 Å². The van der Waals surface area contributed by atoms with Crippen molar-refractivity contribution in [3.05, 3.63) is 0 Å². The first kappa shape index (κ1) is 7.53. The molecule has 2 unspecified atom stereocenters. The van der Waals surface area contributed by atoms with Crippen LogP contribution in [0, 0.1) is 0 Å². The van der Waals surface area contributed by atoms with E-state index in [2.05, 4.69) is 0 Å². The fraction of sp³-hybridized carbons (Fsp3) is 1.00. The fourth-order valence-electron chi connectivity index (χ4n) is 2.00. The highest BCUT2D eigenvalue weighted by Crippen LogP contribution is 2.37. The van der Waals surface area contributed by atoms with Crippen molar-refractivity contribution in [1.29, 1.82) is 0 Å². The second-order valence-corrected chi connectivity index (χ2v) is 3.94. The van der Waals surface area contributed by atoms with E-state index < -0.39 is 0 Å². The summed E-state index contributed by atoms with van der Waals surface area (Å²) in [6, 6.07) is 0.279. The van der Waals surface area contributed by atoms with Crippen molar-refractivity contribution in [3.63, 3.8) is 0 Å². The predicted molar refractivity (Wildman–Crippen MR) is 41.0 cm³/mol. The van der Waals surface area contributed by atoms with E-state index in [0.717, 1.165) is 12.8 Å². The molecule has 0 amide bonds. The Hall–Kier alpha value is -0.120. The van der Waals surface area contributed by atoms with E-state index in [1.807, 2.05) is 13.8 Å². The van der Waals surface area contributed by atoms with Gasteiger partial charge in [0.25, 0.3) is 0 Å². The molecule has 0 aromatic rings. The minimum absolute atomic E-state index is 0.250. The molecule has 11 heavy (non-hydrogen) atoms. The summed E-state index contributed by atoms with van der Waals surface area (Å²) in [5.74, 6) is -0.379. The van der Waals surface area contributed by atoms with E-state index in [9.17, 15) is 0 Å². The van der Waals surface area contributed by atoms with Gasteiger partial charge in [-0.1, -0.05) is 0 Å². The van der Waals surface area contributed by atoms with Gasteiger partial charge in [0, 0.05) is 6.04 Å². The van der Waals surface area contributed by atoms with Crippen LogP contribution in [0.2, 0.25) is 0 Å². The summed E-state index contributed by atoms with van der Waals surface area (Å²) in [6.45, 7) is 3.91. The summed E-state index contributed by atoms with van der Waals surface area (Å²) < 4.78 is 11.3. The van der Waals surface area contributed by atoms with Crippen LogP contribution >= 0.6 is 0 Å². The van der Waals surface area contributed by atoms with Crippen LogP contribution in [0.3, 0.4) is 0 Å². The molecule has 1 saturated carbocycles. The lowest BCUT2D eigenvalue weighted by molar-refractivity contribution is -0.151. The number of nitrogens with two attached hydrogens (primary N) is 1. The lowest BCUT2D eigenvalue weighted by atomic mass is 10.3. The molecule has 3 heteroatoms. The first-order valence-electron chi connectivity index (χ1n) is 4.18. The van der Waals surface area contributed by atoms with Crippen molar-refractivity contribution >= 4 is 0 Å². The Bertz CT molecular complexity index is 153. The molecular formula is C8H15NO2. The summed E-state index contributed by atoms with van der Waals surface area (Å²) in [5.41, 5.74) is 5.75. The first-order chi connectivity index (χ1) is 5.07. The number of rotatable bonds is 0. The number of hydrogen-bond donors (Lipinski definition) is 1. The zero-order valence-electron chi connectivity index (χ0n) is 7.04. The highest BCUT2D eigenvalue weighted by molar-refractivity contribution is 4.92. The lowest BCUT2D eigenvalue weighted by Gasteiger charge is -2.19. The Labute approximate surface area is 66.8 Å². The Kier molecular flexibility index (Phi) is 1.50. The zero-order valence-corrected chi connectivity index (χ0v) is 7.04. The monoisotopic (exact) mass is 157 g/mol. The van der Waals surface area contributed by atoms with Gasteiger partial charge in [-0.3, -0.25) is 0 Å². The van der Waals surface area contributed by atoms with Crippen LogP contribution in [0.15, 0.2) is 0 Å². The largest absolute Gasteiger partial charge is 0.345 e. The molecule has 3 atom stereocenters. The van der Waals surface area contributed by atoms with Crippen molar-refractivity contribution in [2.75, 3.05) is 0 Å². The van der Waals surface area contributed by atoms with E-state index in [1.54, 1.807) is 0 Å². The smallest absolute Gasteiger partial charge is 0.163 e. The molecule has 64 valence electrons. The molecule has 1 aliphatic carbocycles. The van der Waals surface area contributed by atoms with Crippen LogP contribution in [-0.2, 0) is 9.47 Å². The summed E-state index contributed by atoms with van der Waals surface area (Å²) in [5, 5.41) is 0. The first-order valence-corrected chi connectivity index (χ1v) is 4.18. The molecule has 0 bridgehead atoms. The van der Waals surface area contributed by atoms with Gasteiger partial charge in [0.2, 0.25) is 0 Å². The van der Waals surface area contributed by atoms with E-state index in [1.165, 1.54) is 0 Å². The maximum Gasteiger partial charge on any atom is 0.163 e. The third-order valence-electron chi connectivity index (χ3n) is 2.36. The van der Waals surface area contributed by atoms with E-state index >= 15 is 0 Å². The second kappa shape index (κ2) is 2.19. The second-order valence-electron chi connectivity index (χ2n) is 3.94. The Balaban J connectivity index is 2.04. The van der Waals surface area contributed by atoms with Gasteiger partial charge in [-0.25, -0.2) is 0 Å². The van der Waals surface area contributed by atoms with E-state index in [4.69, 9.17) is 15.2 Å². The van der Waals surface area contributed by atoms with Crippen LogP contribution in [0.25, 0.3) is 0 Å². The van der Waals surface area contributed by atoms with Crippen LogP contribution in [0.5, 0.6) is 0 Å². The van der Waals surface area contributed by atoms with E-state index in [-0.39, 0.29) is 24.0 Å². The van der Waals surface area contributed by atoms with Crippen molar-refractivity contribution in [1.82, 2.24) is 0 Å². The molecule has 0 radical (unpaired) electrons. The third kappa shape index (κ3) is 1.28. The summed E-state index contributed by atoms with van der Waals surface area (Å²) in [4.78, 5) is 0. The SMILES string of the molecule is CC1(C)OC2CC(N)C[C@@H]2O1. The van der Waals surface area contributed by atoms with Gasteiger partial charge >= 0.3 is 0 Å². The highest BCUT2D eigenvalue weighted by Gasteiger charge is 2.46. The van der Waals surface area contributed by atoms with Crippen LogP contribution in [0.4, 0.5) is 0 Å². The number of fused-ring (bicyclic) bond motifs is 1. The zero-order chi connectivity index (χ0) is 8.06. The van der Waals surface area contributed by atoms with Crippen LogP contribution in [0.1, 0.15) is 26.7 Å². The average molecular weight is 157 g/mol. The Morgan fingerprint density at radius 2 is 1.64 bits per heavy atom. The number of ether oxygens (including phenoxy) is 2. The molecule has 3 nitrogen and oxygen atoms in total. The van der Waals surface area contributed by atoms with Crippen molar-refractivity contribution in [3.8, 4) is 0 Å². The Morgan fingerprint density at radius 1 is 1.18 bits per heavy atom. The molecule has 2 rings (SSSR count). The maximum absolute atomic E-state index is 5.75. The average Bonchev–Trinajstić information content (AvgIpc) is 2.17. The normalized spacial score (nSPS) is 47.7. The van der Waals surface area contributed by atoms with Crippen LogP contribution in [-0.4, -0.2) is 24.0 Å². The minimum atomic E-state index is -0.379. The molecule has 0 spiro atoms. The predicted octanol–water partition coefficient (Wildman–Crippen LogP) is 0.628. The third-order valence-corrected chi connectivity index (χ3v) is 2.36. The van der Waals surface area contributed by atoms with Gasteiger partial charge in [-0.2, -0.15) is 0 Å². The lowest BCUT2D eigenvalue weighted by Crippen LogP contribution is -2.26. The van der Waals surface area contributed by atoms with Crippen molar-refractivity contribution in [2.24, 2.45) is 5.73 Å².